The van der Waals surface area contributed by atoms with Gasteiger partial charge < -0.3 is 12.4 Å². The van der Waals surface area contributed by atoms with Gasteiger partial charge >= 0.3 is 5.95 Å². The number of hydrogen-bond donors (Lipinski definition) is 1. The molecule has 0 amide bonds. The number of fused-ring (bicyclic) bond motifs is 3. The van der Waals surface area contributed by atoms with E-state index in [-0.39, 0.29) is 18.2 Å². The van der Waals surface area contributed by atoms with Gasteiger partial charge in [0, 0.05) is 0 Å². The molecule has 0 spiro atoms. The molecular formula is C16H15ClFN3. The highest BCUT2D eigenvalue weighted by Crippen LogP contribution is 2.21. The fourth-order valence-electron chi connectivity index (χ4n) is 2.92. The number of hydrogen-bond acceptors (Lipinski definition) is 1. The van der Waals surface area contributed by atoms with Crippen molar-refractivity contribution in [2.24, 2.45) is 0 Å². The molecule has 21 heavy (non-hydrogen) atoms. The SMILES string of the molecule is Fc1ccc(Cn2c3[n+](c4ccccc42)CCN3)cc1.[Cl-]. The molecule has 4 rings (SSSR count). The molecule has 2 heterocycles. The summed E-state index contributed by atoms with van der Waals surface area (Å²) in [6.07, 6.45) is 0. The molecular weight excluding hydrogens is 289 g/mol. The molecule has 1 aliphatic heterocycles. The fourth-order valence-corrected chi connectivity index (χ4v) is 2.92. The third-order valence-electron chi connectivity index (χ3n) is 3.85. The average Bonchev–Trinajstić information content (AvgIpc) is 3.05. The summed E-state index contributed by atoms with van der Waals surface area (Å²) >= 11 is 0. The Bertz CT molecular complexity index is 780. The summed E-state index contributed by atoms with van der Waals surface area (Å²) in [7, 11) is 0. The van der Waals surface area contributed by atoms with Gasteiger partial charge in [-0.1, -0.05) is 24.3 Å². The van der Waals surface area contributed by atoms with Crippen LogP contribution in [0.15, 0.2) is 48.5 Å². The highest BCUT2D eigenvalue weighted by Gasteiger charge is 2.27. The highest BCUT2D eigenvalue weighted by molar-refractivity contribution is 5.74. The van der Waals surface area contributed by atoms with E-state index in [1.165, 1.54) is 23.2 Å². The van der Waals surface area contributed by atoms with Crippen LogP contribution in [0.3, 0.4) is 0 Å². The quantitative estimate of drug-likeness (QED) is 0.636. The Morgan fingerprint density at radius 1 is 1.10 bits per heavy atom. The highest BCUT2D eigenvalue weighted by atomic mass is 35.5. The fraction of sp³-hybridized carbons (Fsp3) is 0.188. The summed E-state index contributed by atoms with van der Waals surface area (Å²) in [6.45, 7) is 2.70. The van der Waals surface area contributed by atoms with E-state index < -0.39 is 0 Å². The number of aromatic nitrogens is 2. The molecule has 3 aromatic rings. The number of para-hydroxylation sites is 2. The van der Waals surface area contributed by atoms with E-state index >= 15 is 0 Å². The lowest BCUT2D eigenvalue weighted by molar-refractivity contribution is -0.644. The Kier molecular flexibility index (Phi) is 3.55. The summed E-state index contributed by atoms with van der Waals surface area (Å²) in [5.41, 5.74) is 3.55. The van der Waals surface area contributed by atoms with Gasteiger partial charge in [0.25, 0.3) is 0 Å². The van der Waals surface area contributed by atoms with Gasteiger partial charge in [-0.3, -0.25) is 5.32 Å². The maximum Gasteiger partial charge on any atom is 0.358 e. The summed E-state index contributed by atoms with van der Waals surface area (Å²) < 4.78 is 17.6. The number of halogens is 2. The molecule has 0 saturated heterocycles. The number of benzene rings is 2. The molecule has 1 aromatic heterocycles. The van der Waals surface area contributed by atoms with Gasteiger partial charge in [0.15, 0.2) is 0 Å². The third-order valence-corrected chi connectivity index (χ3v) is 3.85. The second kappa shape index (κ2) is 5.37. The molecule has 1 N–H and O–H groups in total. The average molecular weight is 304 g/mol. The zero-order chi connectivity index (χ0) is 13.5. The summed E-state index contributed by atoms with van der Waals surface area (Å²) in [5.74, 6) is 0.944. The van der Waals surface area contributed by atoms with Crippen LogP contribution in [-0.4, -0.2) is 11.1 Å². The smallest absolute Gasteiger partial charge is 0.358 e. The summed E-state index contributed by atoms with van der Waals surface area (Å²) in [6, 6.07) is 15.1. The van der Waals surface area contributed by atoms with Crippen molar-refractivity contribution in [3.05, 3.63) is 59.9 Å². The molecule has 5 heteroatoms. The monoisotopic (exact) mass is 303 g/mol. The number of anilines is 1. The lowest BCUT2D eigenvalue weighted by Gasteiger charge is -2.02. The maximum atomic E-state index is 13.0. The minimum atomic E-state index is -0.191. The van der Waals surface area contributed by atoms with E-state index in [2.05, 4.69) is 38.7 Å². The van der Waals surface area contributed by atoms with Crippen molar-refractivity contribution < 1.29 is 21.4 Å². The molecule has 108 valence electrons. The molecule has 1 aliphatic rings. The van der Waals surface area contributed by atoms with Crippen LogP contribution in [0, 0.1) is 5.82 Å². The van der Waals surface area contributed by atoms with E-state index in [9.17, 15) is 4.39 Å². The van der Waals surface area contributed by atoms with E-state index in [0.29, 0.717) is 0 Å². The Morgan fingerprint density at radius 2 is 1.86 bits per heavy atom. The lowest BCUT2D eigenvalue weighted by Crippen LogP contribution is -3.00. The first-order valence-corrected chi connectivity index (χ1v) is 6.82. The zero-order valence-corrected chi connectivity index (χ0v) is 12.1. The first-order valence-electron chi connectivity index (χ1n) is 6.82. The second-order valence-corrected chi connectivity index (χ2v) is 5.10. The van der Waals surface area contributed by atoms with Crippen LogP contribution >= 0.6 is 0 Å². The van der Waals surface area contributed by atoms with Gasteiger partial charge in [-0.15, -0.1) is 0 Å². The molecule has 2 aromatic carbocycles. The van der Waals surface area contributed by atoms with E-state index in [4.69, 9.17) is 0 Å². The minimum Gasteiger partial charge on any atom is -1.00 e. The van der Waals surface area contributed by atoms with Crippen molar-refractivity contribution >= 4 is 17.0 Å². The number of nitrogens with one attached hydrogen (secondary N) is 1. The van der Waals surface area contributed by atoms with Crippen molar-refractivity contribution in [1.29, 1.82) is 0 Å². The molecule has 0 aliphatic carbocycles. The predicted molar refractivity (Wildman–Crippen MR) is 76.1 cm³/mol. The van der Waals surface area contributed by atoms with Crippen LogP contribution in [0.1, 0.15) is 5.56 Å². The standard InChI is InChI=1S/C16H14FN3.ClH/c17-13-7-5-12(6-8-13)11-20-15-4-2-1-3-14(15)19-10-9-18-16(19)20;/h1-8H,9-11H2;1H. The Labute approximate surface area is 128 Å². The van der Waals surface area contributed by atoms with Crippen molar-refractivity contribution in [2.75, 3.05) is 11.9 Å². The number of nitrogens with zero attached hydrogens (tertiary/aromatic N) is 2. The van der Waals surface area contributed by atoms with Crippen LogP contribution in [0.25, 0.3) is 11.0 Å². The predicted octanol–water partition coefficient (Wildman–Crippen LogP) is -0.454. The molecule has 0 radical (unpaired) electrons. The van der Waals surface area contributed by atoms with Gasteiger partial charge in [0.05, 0.1) is 13.1 Å². The number of rotatable bonds is 2. The summed E-state index contributed by atoms with van der Waals surface area (Å²) in [4.78, 5) is 0. The van der Waals surface area contributed by atoms with Gasteiger partial charge in [0.1, 0.15) is 23.4 Å². The third kappa shape index (κ3) is 2.25. The minimum absolute atomic E-state index is 0. The van der Waals surface area contributed by atoms with Crippen molar-refractivity contribution in [3.8, 4) is 0 Å². The van der Waals surface area contributed by atoms with Crippen LogP contribution in [-0.2, 0) is 13.1 Å². The van der Waals surface area contributed by atoms with E-state index in [0.717, 1.165) is 31.1 Å². The van der Waals surface area contributed by atoms with Crippen LogP contribution in [0.5, 0.6) is 0 Å². The van der Waals surface area contributed by atoms with Crippen molar-refractivity contribution in [2.45, 2.75) is 13.1 Å². The van der Waals surface area contributed by atoms with E-state index in [1.807, 2.05) is 12.1 Å². The largest absolute Gasteiger partial charge is 1.00 e. The molecule has 0 atom stereocenters. The number of imidazole rings is 1. The Morgan fingerprint density at radius 3 is 2.67 bits per heavy atom. The van der Waals surface area contributed by atoms with Gasteiger partial charge in [-0.2, -0.15) is 0 Å². The van der Waals surface area contributed by atoms with E-state index in [1.54, 1.807) is 0 Å². The topological polar surface area (TPSA) is 20.8 Å². The Balaban J connectivity index is 0.00000132. The molecule has 0 fully saturated rings. The van der Waals surface area contributed by atoms with Gasteiger partial charge in [-0.25, -0.2) is 13.5 Å². The van der Waals surface area contributed by atoms with Gasteiger partial charge in [-0.05, 0) is 29.8 Å². The Hall–Kier alpha value is -2.07. The van der Waals surface area contributed by atoms with Crippen LogP contribution in [0.2, 0.25) is 0 Å². The summed E-state index contributed by atoms with van der Waals surface area (Å²) in [5, 5.41) is 3.44. The first-order chi connectivity index (χ1) is 9.83. The maximum absolute atomic E-state index is 13.0. The van der Waals surface area contributed by atoms with Crippen molar-refractivity contribution in [3.63, 3.8) is 0 Å². The second-order valence-electron chi connectivity index (χ2n) is 5.10. The van der Waals surface area contributed by atoms with Crippen LogP contribution in [0.4, 0.5) is 10.3 Å². The first kappa shape index (κ1) is 13.9. The van der Waals surface area contributed by atoms with Crippen LogP contribution < -0.4 is 22.3 Å². The van der Waals surface area contributed by atoms with Gasteiger partial charge in [0.2, 0.25) is 0 Å². The normalized spacial score (nSPS) is 12.8. The molecule has 3 nitrogen and oxygen atoms in total. The molecule has 0 bridgehead atoms. The zero-order valence-electron chi connectivity index (χ0n) is 11.4. The molecule has 0 unspecified atom stereocenters. The molecule has 0 saturated carbocycles. The van der Waals surface area contributed by atoms with Crippen molar-refractivity contribution in [1.82, 2.24) is 4.57 Å². The lowest BCUT2D eigenvalue weighted by atomic mass is 10.2.